The van der Waals surface area contributed by atoms with Gasteiger partial charge < -0.3 is 14.8 Å². The van der Waals surface area contributed by atoms with Crippen molar-refractivity contribution in [3.05, 3.63) is 52.3 Å². The predicted octanol–water partition coefficient (Wildman–Crippen LogP) is 3.85. The van der Waals surface area contributed by atoms with Crippen molar-refractivity contribution < 1.29 is 27.4 Å². The van der Waals surface area contributed by atoms with Crippen LogP contribution >= 0.6 is 11.6 Å². The van der Waals surface area contributed by atoms with Gasteiger partial charge in [0.05, 0.1) is 23.8 Å². The van der Waals surface area contributed by atoms with Crippen LogP contribution in [0, 0.1) is 0 Å². The third kappa shape index (κ3) is 4.19. The summed E-state index contributed by atoms with van der Waals surface area (Å²) in [6, 6.07) is 5.18. The van der Waals surface area contributed by atoms with Gasteiger partial charge in [0, 0.05) is 19.2 Å². The maximum absolute atomic E-state index is 12.5. The van der Waals surface area contributed by atoms with Crippen LogP contribution in [0.4, 0.5) is 13.2 Å². The number of halogens is 4. The summed E-state index contributed by atoms with van der Waals surface area (Å²) in [4.78, 5) is 15.4. The van der Waals surface area contributed by atoms with E-state index in [4.69, 9.17) is 21.1 Å². The number of rotatable bonds is 3. The molecule has 9 heteroatoms. The molecule has 0 spiro atoms. The largest absolute Gasteiger partial charge is 0.489 e. The number of pyridine rings is 1. The molecular formula is C17H14ClF3N2O3. The molecule has 138 valence electrons. The fourth-order valence-electron chi connectivity index (χ4n) is 2.37. The van der Waals surface area contributed by atoms with E-state index in [1.165, 1.54) is 0 Å². The molecular weight excluding hydrogens is 373 g/mol. The molecule has 1 aliphatic rings. The van der Waals surface area contributed by atoms with E-state index in [9.17, 15) is 18.0 Å². The number of nitrogens with zero attached hydrogens (tertiary/aromatic N) is 1. The first-order chi connectivity index (χ1) is 12.3. The topological polar surface area (TPSA) is 60.5 Å². The number of amides is 1. The molecule has 1 aliphatic heterocycles. The van der Waals surface area contributed by atoms with Crippen molar-refractivity contribution in [2.45, 2.75) is 19.1 Å². The van der Waals surface area contributed by atoms with Gasteiger partial charge in [0.1, 0.15) is 5.69 Å². The molecule has 0 saturated carbocycles. The summed E-state index contributed by atoms with van der Waals surface area (Å²) in [6.07, 6.45) is -2.92. The van der Waals surface area contributed by atoms with E-state index in [2.05, 4.69) is 10.3 Å². The highest BCUT2D eigenvalue weighted by molar-refractivity contribution is 6.32. The van der Waals surface area contributed by atoms with Crippen molar-refractivity contribution in [1.29, 1.82) is 0 Å². The molecule has 0 fully saturated rings. The Labute approximate surface area is 152 Å². The van der Waals surface area contributed by atoms with Crippen molar-refractivity contribution >= 4 is 17.5 Å². The van der Waals surface area contributed by atoms with Gasteiger partial charge in [-0.05, 0) is 29.8 Å². The molecule has 0 unspecified atom stereocenters. The molecule has 2 aromatic rings. The van der Waals surface area contributed by atoms with Crippen LogP contribution in [-0.2, 0) is 12.7 Å². The first kappa shape index (κ1) is 18.3. The van der Waals surface area contributed by atoms with E-state index < -0.39 is 17.8 Å². The van der Waals surface area contributed by atoms with Crippen LogP contribution in [0.15, 0.2) is 30.5 Å². The number of hydrogen-bond acceptors (Lipinski definition) is 4. The van der Waals surface area contributed by atoms with Gasteiger partial charge in [-0.25, -0.2) is 0 Å². The van der Waals surface area contributed by atoms with Crippen LogP contribution in [0.3, 0.4) is 0 Å². The molecule has 1 aromatic heterocycles. The fourth-order valence-corrected chi connectivity index (χ4v) is 2.65. The first-order valence-electron chi connectivity index (χ1n) is 7.74. The molecule has 0 radical (unpaired) electrons. The number of aromatic nitrogens is 1. The van der Waals surface area contributed by atoms with Gasteiger partial charge >= 0.3 is 6.18 Å². The Kier molecular flexibility index (Phi) is 5.22. The van der Waals surface area contributed by atoms with Crippen molar-refractivity contribution in [2.75, 3.05) is 13.2 Å². The summed E-state index contributed by atoms with van der Waals surface area (Å²) in [5.74, 6) is 0.413. The molecule has 5 nitrogen and oxygen atoms in total. The number of benzene rings is 1. The number of carbonyl (C=O) groups excluding carboxylic acids is 1. The van der Waals surface area contributed by atoms with Gasteiger partial charge in [-0.2, -0.15) is 13.2 Å². The minimum absolute atomic E-state index is 0.0263. The second-order valence-corrected chi connectivity index (χ2v) is 5.98. The summed E-state index contributed by atoms with van der Waals surface area (Å²) in [5.41, 5.74) is -0.352. The van der Waals surface area contributed by atoms with E-state index >= 15 is 0 Å². The van der Waals surface area contributed by atoms with Crippen LogP contribution in [0.2, 0.25) is 5.02 Å². The Balaban J connectivity index is 1.68. The lowest BCUT2D eigenvalue weighted by molar-refractivity contribution is -0.141. The Morgan fingerprint density at radius 3 is 2.69 bits per heavy atom. The quantitative estimate of drug-likeness (QED) is 0.870. The van der Waals surface area contributed by atoms with Crippen LogP contribution in [0.5, 0.6) is 11.5 Å². The van der Waals surface area contributed by atoms with Gasteiger partial charge in [-0.3, -0.25) is 9.78 Å². The summed E-state index contributed by atoms with van der Waals surface area (Å²) in [5, 5.41) is 2.97. The fraction of sp³-hybridized carbons (Fsp3) is 0.294. The lowest BCUT2D eigenvalue weighted by Gasteiger charge is -2.12. The van der Waals surface area contributed by atoms with E-state index in [-0.39, 0.29) is 12.1 Å². The molecule has 1 aromatic carbocycles. The van der Waals surface area contributed by atoms with Crippen LogP contribution in [0.1, 0.15) is 28.0 Å². The maximum atomic E-state index is 12.5. The normalized spacial score (nSPS) is 13.8. The summed E-state index contributed by atoms with van der Waals surface area (Å²) in [7, 11) is 0. The summed E-state index contributed by atoms with van der Waals surface area (Å²) in [6.45, 7) is 1.12. The zero-order valence-electron chi connectivity index (χ0n) is 13.4. The lowest BCUT2D eigenvalue weighted by atomic mass is 10.2. The Bertz CT molecular complexity index is 810. The minimum Gasteiger partial charge on any atom is -0.489 e. The number of nitrogens with one attached hydrogen (secondary N) is 1. The average molecular weight is 387 g/mol. The molecule has 0 bridgehead atoms. The van der Waals surface area contributed by atoms with Gasteiger partial charge in [-0.1, -0.05) is 11.6 Å². The monoisotopic (exact) mass is 386 g/mol. The molecule has 2 heterocycles. The lowest BCUT2D eigenvalue weighted by Crippen LogP contribution is -2.23. The Morgan fingerprint density at radius 2 is 2.00 bits per heavy atom. The molecule has 1 N–H and O–H groups in total. The van der Waals surface area contributed by atoms with E-state index in [0.29, 0.717) is 35.3 Å². The minimum atomic E-state index is -4.55. The third-order valence-electron chi connectivity index (χ3n) is 3.63. The summed E-state index contributed by atoms with van der Waals surface area (Å²) < 4.78 is 48.6. The van der Waals surface area contributed by atoms with Crippen LogP contribution in [-0.4, -0.2) is 24.1 Å². The zero-order valence-corrected chi connectivity index (χ0v) is 14.2. The number of ether oxygens (including phenoxy) is 2. The van der Waals surface area contributed by atoms with Gasteiger partial charge in [0.2, 0.25) is 0 Å². The second-order valence-electron chi connectivity index (χ2n) is 5.57. The maximum Gasteiger partial charge on any atom is 0.433 e. The Hall–Kier alpha value is -2.48. The highest BCUT2D eigenvalue weighted by Crippen LogP contribution is 2.38. The highest BCUT2D eigenvalue weighted by Gasteiger charge is 2.32. The third-order valence-corrected chi connectivity index (χ3v) is 3.91. The molecule has 0 aliphatic carbocycles. The standard InChI is InChI=1S/C17H14ClF3N2O3/c18-12-6-10(7-13-15(12)26-5-1-4-25-13)8-23-16(24)11-2-3-14(22-9-11)17(19,20)21/h2-3,6-7,9H,1,4-5,8H2,(H,23,24). The van der Waals surface area contributed by atoms with Crippen LogP contribution in [0.25, 0.3) is 0 Å². The van der Waals surface area contributed by atoms with Crippen molar-refractivity contribution in [3.63, 3.8) is 0 Å². The molecule has 0 atom stereocenters. The average Bonchev–Trinajstić information content (AvgIpc) is 2.85. The Morgan fingerprint density at radius 1 is 1.23 bits per heavy atom. The van der Waals surface area contributed by atoms with Crippen molar-refractivity contribution in [1.82, 2.24) is 10.3 Å². The van der Waals surface area contributed by atoms with Crippen molar-refractivity contribution in [2.24, 2.45) is 0 Å². The molecule has 0 saturated heterocycles. The smallest absolute Gasteiger partial charge is 0.433 e. The second kappa shape index (κ2) is 7.41. The van der Waals surface area contributed by atoms with Gasteiger partial charge in [-0.15, -0.1) is 0 Å². The van der Waals surface area contributed by atoms with E-state index in [1.807, 2.05) is 0 Å². The number of fused-ring (bicyclic) bond motifs is 1. The highest BCUT2D eigenvalue weighted by atomic mass is 35.5. The van der Waals surface area contributed by atoms with E-state index in [1.54, 1.807) is 12.1 Å². The summed E-state index contributed by atoms with van der Waals surface area (Å²) >= 11 is 6.18. The number of carbonyl (C=O) groups is 1. The van der Waals surface area contributed by atoms with Crippen LogP contribution < -0.4 is 14.8 Å². The van der Waals surface area contributed by atoms with Gasteiger partial charge in [0.25, 0.3) is 5.91 Å². The molecule has 1 amide bonds. The number of hydrogen-bond donors (Lipinski definition) is 1. The number of alkyl halides is 3. The van der Waals surface area contributed by atoms with E-state index in [0.717, 1.165) is 24.8 Å². The van der Waals surface area contributed by atoms with Crippen molar-refractivity contribution in [3.8, 4) is 11.5 Å². The molecule has 3 rings (SSSR count). The zero-order chi connectivity index (χ0) is 18.7. The molecule has 26 heavy (non-hydrogen) atoms. The van der Waals surface area contributed by atoms with Gasteiger partial charge in [0.15, 0.2) is 11.5 Å². The SMILES string of the molecule is O=C(NCc1cc(Cl)c2c(c1)OCCCO2)c1ccc(C(F)(F)F)nc1. The predicted molar refractivity (Wildman–Crippen MR) is 87.5 cm³/mol. The first-order valence-corrected chi connectivity index (χ1v) is 8.12.